The van der Waals surface area contributed by atoms with Gasteiger partial charge in [0.25, 0.3) is 5.91 Å². The molecule has 2 aromatic carbocycles. The molecule has 1 N–H and O–H groups in total. The third-order valence-electron chi connectivity index (χ3n) is 3.47. The maximum absolute atomic E-state index is 12.4. The molecule has 0 spiro atoms. The molecule has 0 aliphatic heterocycles. The van der Waals surface area contributed by atoms with Crippen molar-refractivity contribution in [1.29, 1.82) is 0 Å². The number of thioether (sulfide) groups is 1. The number of amides is 1. The van der Waals surface area contributed by atoms with Crippen LogP contribution in [0.25, 0.3) is 11.3 Å². The third kappa shape index (κ3) is 3.63. The number of nitrogens with one attached hydrogen (secondary N) is 1. The van der Waals surface area contributed by atoms with Crippen LogP contribution in [0.4, 0.5) is 5.69 Å². The summed E-state index contributed by atoms with van der Waals surface area (Å²) in [7, 11) is 0. The number of carbonyl (C=O) groups is 1. The van der Waals surface area contributed by atoms with Crippen molar-refractivity contribution in [2.75, 3.05) is 11.6 Å². The summed E-state index contributed by atoms with van der Waals surface area (Å²) in [5.41, 5.74) is 2.59. The van der Waals surface area contributed by atoms with Crippen molar-refractivity contribution in [2.24, 2.45) is 0 Å². The predicted molar refractivity (Wildman–Crippen MR) is 97.9 cm³/mol. The van der Waals surface area contributed by atoms with E-state index in [1.807, 2.05) is 18.4 Å². The Morgan fingerprint density at radius 2 is 1.96 bits per heavy atom. The van der Waals surface area contributed by atoms with Crippen LogP contribution in [-0.2, 0) is 0 Å². The zero-order valence-corrected chi connectivity index (χ0v) is 14.7. The molecule has 122 valence electrons. The van der Waals surface area contributed by atoms with E-state index in [0.29, 0.717) is 33.4 Å². The molecular formula is C18H15ClN2O2S. The molecule has 1 amide bonds. The number of anilines is 1. The number of hydrogen-bond donors (Lipinski definition) is 1. The average molecular weight is 359 g/mol. The quantitative estimate of drug-likeness (QED) is 0.645. The van der Waals surface area contributed by atoms with Crippen LogP contribution in [0.5, 0.6) is 0 Å². The van der Waals surface area contributed by atoms with Crippen molar-refractivity contribution in [2.45, 2.75) is 11.8 Å². The molecule has 0 aliphatic carbocycles. The number of halogens is 1. The van der Waals surface area contributed by atoms with E-state index in [1.165, 1.54) is 0 Å². The number of nitrogens with zero attached hydrogens (tertiary/aromatic N) is 1. The summed E-state index contributed by atoms with van der Waals surface area (Å²) in [5, 5.41) is 3.42. The van der Waals surface area contributed by atoms with Crippen LogP contribution in [0, 0.1) is 6.92 Å². The van der Waals surface area contributed by atoms with Gasteiger partial charge in [0.15, 0.2) is 5.89 Å². The minimum Gasteiger partial charge on any atom is -0.449 e. The molecule has 0 unspecified atom stereocenters. The Morgan fingerprint density at radius 3 is 2.58 bits per heavy atom. The predicted octanol–water partition coefficient (Wildman–Crippen LogP) is 5.28. The molecule has 3 rings (SSSR count). The van der Waals surface area contributed by atoms with Crippen LogP contribution in [0.1, 0.15) is 16.2 Å². The summed E-state index contributed by atoms with van der Waals surface area (Å²) in [4.78, 5) is 17.8. The maximum atomic E-state index is 12.4. The Labute approximate surface area is 149 Å². The summed E-state index contributed by atoms with van der Waals surface area (Å²) >= 11 is 7.86. The second-order valence-electron chi connectivity index (χ2n) is 5.13. The van der Waals surface area contributed by atoms with Gasteiger partial charge in [0, 0.05) is 28.6 Å². The normalized spacial score (nSPS) is 10.6. The summed E-state index contributed by atoms with van der Waals surface area (Å²) in [6, 6.07) is 12.7. The van der Waals surface area contributed by atoms with Crippen LogP contribution < -0.4 is 5.32 Å². The van der Waals surface area contributed by atoms with Gasteiger partial charge in [0.1, 0.15) is 12.0 Å². The van der Waals surface area contributed by atoms with E-state index in [1.54, 1.807) is 55.3 Å². The number of aromatic nitrogens is 1. The maximum Gasteiger partial charge on any atom is 0.255 e. The molecule has 24 heavy (non-hydrogen) atoms. The fourth-order valence-electron chi connectivity index (χ4n) is 2.23. The van der Waals surface area contributed by atoms with Crippen LogP contribution in [0.3, 0.4) is 0 Å². The van der Waals surface area contributed by atoms with Crippen molar-refractivity contribution < 1.29 is 9.21 Å². The molecule has 0 fully saturated rings. The van der Waals surface area contributed by atoms with Gasteiger partial charge in [-0.25, -0.2) is 4.98 Å². The molecule has 0 radical (unpaired) electrons. The fraction of sp³-hybridized carbons (Fsp3) is 0.111. The Bertz CT molecular complexity index is 875. The van der Waals surface area contributed by atoms with Crippen molar-refractivity contribution in [3.63, 3.8) is 0 Å². The molecule has 0 saturated heterocycles. The second kappa shape index (κ2) is 7.11. The van der Waals surface area contributed by atoms with Gasteiger partial charge in [0.05, 0.1) is 5.02 Å². The smallest absolute Gasteiger partial charge is 0.255 e. The Balaban J connectivity index is 1.83. The first-order valence-corrected chi connectivity index (χ1v) is 8.84. The SMILES string of the molecule is CSc1ccc(C(=O)Nc2ccc(Cl)c(-c3coc(C)n3)c2)cc1. The highest BCUT2D eigenvalue weighted by Gasteiger charge is 2.11. The molecule has 1 heterocycles. The van der Waals surface area contributed by atoms with E-state index in [-0.39, 0.29) is 5.91 Å². The Kier molecular flexibility index (Phi) is 4.92. The molecule has 0 saturated carbocycles. The lowest BCUT2D eigenvalue weighted by atomic mass is 10.1. The monoisotopic (exact) mass is 358 g/mol. The summed E-state index contributed by atoms with van der Waals surface area (Å²) in [6.07, 6.45) is 3.54. The van der Waals surface area contributed by atoms with Crippen molar-refractivity contribution in [3.05, 3.63) is 65.2 Å². The first kappa shape index (κ1) is 16.6. The lowest BCUT2D eigenvalue weighted by molar-refractivity contribution is 0.102. The van der Waals surface area contributed by atoms with E-state index >= 15 is 0 Å². The fourth-order valence-corrected chi connectivity index (χ4v) is 2.85. The number of benzene rings is 2. The first-order valence-electron chi connectivity index (χ1n) is 7.24. The van der Waals surface area contributed by atoms with Crippen molar-refractivity contribution >= 4 is 35.0 Å². The topological polar surface area (TPSA) is 55.1 Å². The van der Waals surface area contributed by atoms with Gasteiger partial charge in [-0.05, 0) is 48.7 Å². The molecular weight excluding hydrogens is 344 g/mol. The number of aryl methyl sites for hydroxylation is 1. The van der Waals surface area contributed by atoms with E-state index in [4.69, 9.17) is 16.0 Å². The highest BCUT2D eigenvalue weighted by Crippen LogP contribution is 2.30. The molecule has 6 heteroatoms. The minimum atomic E-state index is -0.174. The zero-order valence-electron chi connectivity index (χ0n) is 13.2. The van der Waals surface area contributed by atoms with Crippen LogP contribution >= 0.6 is 23.4 Å². The van der Waals surface area contributed by atoms with Gasteiger partial charge in [-0.3, -0.25) is 4.79 Å². The average Bonchev–Trinajstić information content (AvgIpc) is 3.03. The van der Waals surface area contributed by atoms with Gasteiger partial charge >= 0.3 is 0 Å². The molecule has 0 bridgehead atoms. The van der Waals surface area contributed by atoms with Crippen molar-refractivity contribution in [3.8, 4) is 11.3 Å². The minimum absolute atomic E-state index is 0.174. The van der Waals surface area contributed by atoms with Gasteiger partial charge in [-0.2, -0.15) is 0 Å². The zero-order chi connectivity index (χ0) is 17.1. The van der Waals surface area contributed by atoms with E-state index in [2.05, 4.69) is 10.3 Å². The Hall–Kier alpha value is -2.24. The summed E-state index contributed by atoms with van der Waals surface area (Å²) in [6.45, 7) is 1.77. The molecule has 3 aromatic rings. The molecule has 1 aromatic heterocycles. The molecule has 4 nitrogen and oxygen atoms in total. The third-order valence-corrected chi connectivity index (χ3v) is 4.54. The number of oxazole rings is 1. The summed E-state index contributed by atoms with van der Waals surface area (Å²) < 4.78 is 5.23. The van der Waals surface area contributed by atoms with Crippen LogP contribution in [0.15, 0.2) is 58.0 Å². The number of carbonyl (C=O) groups excluding carboxylic acids is 1. The van der Waals surface area contributed by atoms with E-state index < -0.39 is 0 Å². The van der Waals surface area contributed by atoms with E-state index in [0.717, 1.165) is 4.90 Å². The van der Waals surface area contributed by atoms with Gasteiger partial charge in [-0.15, -0.1) is 11.8 Å². The summed E-state index contributed by atoms with van der Waals surface area (Å²) in [5.74, 6) is 0.386. The Morgan fingerprint density at radius 1 is 1.21 bits per heavy atom. The molecule has 0 aliphatic rings. The standard InChI is InChI=1S/C18H15ClN2O2S/c1-11-20-17(10-23-11)15-9-13(5-8-16(15)19)21-18(22)12-3-6-14(24-2)7-4-12/h3-10H,1-2H3,(H,21,22). The number of rotatable bonds is 4. The largest absolute Gasteiger partial charge is 0.449 e. The first-order chi connectivity index (χ1) is 11.6. The van der Waals surface area contributed by atoms with Gasteiger partial charge in [0.2, 0.25) is 0 Å². The number of hydrogen-bond acceptors (Lipinski definition) is 4. The van der Waals surface area contributed by atoms with E-state index in [9.17, 15) is 4.79 Å². The van der Waals surface area contributed by atoms with Gasteiger partial charge < -0.3 is 9.73 Å². The molecule has 0 atom stereocenters. The second-order valence-corrected chi connectivity index (χ2v) is 6.42. The lowest BCUT2D eigenvalue weighted by Gasteiger charge is -2.08. The van der Waals surface area contributed by atoms with Crippen LogP contribution in [0.2, 0.25) is 5.02 Å². The van der Waals surface area contributed by atoms with Crippen molar-refractivity contribution in [1.82, 2.24) is 4.98 Å². The van der Waals surface area contributed by atoms with Gasteiger partial charge in [-0.1, -0.05) is 11.6 Å². The highest BCUT2D eigenvalue weighted by atomic mass is 35.5. The lowest BCUT2D eigenvalue weighted by Crippen LogP contribution is -2.11. The van der Waals surface area contributed by atoms with Crippen LogP contribution in [-0.4, -0.2) is 17.1 Å². The highest BCUT2D eigenvalue weighted by molar-refractivity contribution is 7.98.